The highest BCUT2D eigenvalue weighted by Gasteiger charge is 2.27. The van der Waals surface area contributed by atoms with Gasteiger partial charge in [-0.15, -0.1) is 0 Å². The molecule has 0 radical (unpaired) electrons. The maximum absolute atomic E-state index is 14.7. The van der Waals surface area contributed by atoms with Crippen molar-refractivity contribution in [3.05, 3.63) is 58.3 Å². The molecule has 1 aliphatic rings. The molecule has 2 N–H and O–H groups in total. The number of nitrogens with two attached hydrogens (primary N) is 1. The van der Waals surface area contributed by atoms with Crippen molar-refractivity contribution in [3.8, 4) is 22.9 Å². The Kier molecular flexibility index (Phi) is 8.90. The number of carbonyl (C=O) groups excluding carboxylic acids is 2. The summed E-state index contributed by atoms with van der Waals surface area (Å²) in [6.07, 6.45) is 1.75. The van der Waals surface area contributed by atoms with Gasteiger partial charge in [0.2, 0.25) is 11.8 Å². The Morgan fingerprint density at radius 2 is 1.89 bits per heavy atom. The number of hydrogen-bond donors (Lipinski definition) is 1. The largest absolute Gasteiger partial charge is 0.474 e. The molecular formula is C27H31FN4O5S. The molecule has 3 aromatic rings. The predicted octanol–water partition coefficient (Wildman–Crippen LogP) is 4.52. The van der Waals surface area contributed by atoms with Crippen molar-refractivity contribution >= 4 is 23.4 Å². The van der Waals surface area contributed by atoms with E-state index in [0.717, 1.165) is 11.1 Å². The van der Waals surface area contributed by atoms with Crippen LogP contribution < -0.4 is 15.2 Å². The molecule has 0 aliphatic carbocycles. The van der Waals surface area contributed by atoms with Crippen molar-refractivity contribution in [1.82, 2.24) is 14.9 Å². The molecule has 1 aromatic carbocycles. The highest BCUT2D eigenvalue weighted by Crippen LogP contribution is 2.27. The van der Waals surface area contributed by atoms with Gasteiger partial charge in [0.15, 0.2) is 0 Å². The minimum absolute atomic E-state index is 0.0279. The lowest BCUT2D eigenvalue weighted by Crippen LogP contribution is -2.42. The molecule has 9 nitrogen and oxygen atoms in total. The third kappa shape index (κ3) is 6.84. The van der Waals surface area contributed by atoms with E-state index < -0.39 is 17.8 Å². The van der Waals surface area contributed by atoms with E-state index in [0.29, 0.717) is 37.1 Å². The molecule has 1 amide bonds. The van der Waals surface area contributed by atoms with Crippen molar-refractivity contribution in [2.24, 2.45) is 5.73 Å². The van der Waals surface area contributed by atoms with E-state index in [1.165, 1.54) is 23.7 Å². The number of carbonyl (C=O) groups is 2. The van der Waals surface area contributed by atoms with Crippen LogP contribution in [0.15, 0.2) is 41.4 Å². The summed E-state index contributed by atoms with van der Waals surface area (Å²) in [5, 5.41) is 3.86. The SMILES string of the molecule is Cc1c(OC(=O)[C@@H](N)Cc2ccc(-c3ccsc3)cc2F)ncnc1OC1CCN(C(=O)OC(C)C)CC1. The minimum atomic E-state index is -1.09. The molecule has 11 heteroatoms. The lowest BCUT2D eigenvalue weighted by atomic mass is 10.0. The number of aromatic nitrogens is 2. The first-order valence-corrected chi connectivity index (χ1v) is 13.4. The molecule has 0 bridgehead atoms. The summed E-state index contributed by atoms with van der Waals surface area (Å²) >= 11 is 1.53. The van der Waals surface area contributed by atoms with Crippen LogP contribution in [0.25, 0.3) is 11.1 Å². The van der Waals surface area contributed by atoms with E-state index in [9.17, 15) is 14.0 Å². The van der Waals surface area contributed by atoms with Crippen molar-refractivity contribution in [3.63, 3.8) is 0 Å². The van der Waals surface area contributed by atoms with Gasteiger partial charge >= 0.3 is 12.1 Å². The number of nitrogens with zero attached hydrogens (tertiary/aromatic N) is 3. The van der Waals surface area contributed by atoms with Crippen molar-refractivity contribution in [2.75, 3.05) is 13.1 Å². The van der Waals surface area contributed by atoms with Crippen LogP contribution in [0, 0.1) is 12.7 Å². The zero-order valence-corrected chi connectivity index (χ0v) is 22.4. The Balaban J connectivity index is 1.33. The zero-order chi connectivity index (χ0) is 27.2. The summed E-state index contributed by atoms with van der Waals surface area (Å²) in [5.41, 5.74) is 8.50. The third-order valence-electron chi connectivity index (χ3n) is 6.15. The molecular weight excluding hydrogens is 511 g/mol. The number of likely N-dealkylation sites (tertiary alicyclic amines) is 1. The van der Waals surface area contributed by atoms with Crippen LogP contribution in [-0.2, 0) is 16.0 Å². The number of hydrogen-bond acceptors (Lipinski definition) is 9. The third-order valence-corrected chi connectivity index (χ3v) is 6.84. The average molecular weight is 543 g/mol. The monoisotopic (exact) mass is 542 g/mol. The number of esters is 1. The summed E-state index contributed by atoms with van der Waals surface area (Å²) in [6.45, 7) is 6.31. The maximum atomic E-state index is 14.7. The number of thiophene rings is 1. The number of benzene rings is 1. The van der Waals surface area contributed by atoms with E-state index >= 15 is 0 Å². The van der Waals surface area contributed by atoms with Crippen LogP contribution in [-0.4, -0.2) is 58.3 Å². The Bertz CT molecular complexity index is 1260. The second kappa shape index (κ2) is 12.3. The Morgan fingerprint density at radius 3 is 2.55 bits per heavy atom. The van der Waals surface area contributed by atoms with Crippen LogP contribution in [0.2, 0.25) is 0 Å². The Morgan fingerprint density at radius 1 is 1.16 bits per heavy atom. The molecule has 0 saturated carbocycles. The smallest absolute Gasteiger partial charge is 0.410 e. The lowest BCUT2D eigenvalue weighted by molar-refractivity contribution is -0.136. The van der Waals surface area contributed by atoms with Crippen LogP contribution in [0.1, 0.15) is 37.8 Å². The highest BCUT2D eigenvalue weighted by molar-refractivity contribution is 7.08. The van der Waals surface area contributed by atoms with Crippen molar-refractivity contribution in [2.45, 2.75) is 58.3 Å². The predicted molar refractivity (Wildman–Crippen MR) is 141 cm³/mol. The number of piperidine rings is 1. The first kappa shape index (κ1) is 27.5. The average Bonchev–Trinajstić information content (AvgIpc) is 3.42. The van der Waals surface area contributed by atoms with Crippen LogP contribution in [0.5, 0.6) is 11.8 Å². The fourth-order valence-electron chi connectivity index (χ4n) is 4.04. The molecule has 2 aromatic heterocycles. The molecule has 0 unspecified atom stereocenters. The van der Waals surface area contributed by atoms with Crippen molar-refractivity contribution < 1.29 is 28.2 Å². The van der Waals surface area contributed by atoms with E-state index in [2.05, 4.69) is 9.97 Å². The summed E-state index contributed by atoms with van der Waals surface area (Å²) in [7, 11) is 0. The number of halogens is 1. The van der Waals surface area contributed by atoms with Gasteiger partial charge in [0.25, 0.3) is 0 Å². The topological polar surface area (TPSA) is 117 Å². The van der Waals surface area contributed by atoms with Crippen LogP contribution in [0.4, 0.5) is 9.18 Å². The molecule has 1 fully saturated rings. The standard InChI is InChI=1S/C27H31FN4O5S/c1-16(2)35-27(34)32-9-6-21(7-10-32)36-24-17(3)25(31-15-30-24)37-26(33)23(29)13-19-5-4-18(12-22(19)28)20-8-11-38-14-20/h4-5,8,11-12,14-16,21,23H,6-7,9-10,13,29H2,1-3H3/t23-/m0/s1. The second-order valence-electron chi connectivity index (χ2n) is 9.40. The fraction of sp³-hybridized carbons (Fsp3) is 0.407. The molecule has 38 heavy (non-hydrogen) atoms. The van der Waals surface area contributed by atoms with Crippen LogP contribution >= 0.6 is 11.3 Å². The molecule has 3 heterocycles. The summed E-state index contributed by atoms with van der Waals surface area (Å²) in [5.74, 6) is -0.860. The van der Waals surface area contributed by atoms with Gasteiger partial charge in [0, 0.05) is 32.4 Å². The highest BCUT2D eigenvalue weighted by atomic mass is 32.1. The van der Waals surface area contributed by atoms with Gasteiger partial charge in [0.1, 0.15) is 24.3 Å². The quantitative estimate of drug-likeness (QED) is 0.413. The van der Waals surface area contributed by atoms with Gasteiger partial charge in [-0.3, -0.25) is 0 Å². The fourth-order valence-corrected chi connectivity index (χ4v) is 4.71. The van der Waals surface area contributed by atoms with Crippen molar-refractivity contribution in [1.29, 1.82) is 0 Å². The van der Waals surface area contributed by atoms with E-state index in [1.54, 1.807) is 24.0 Å². The molecule has 1 aliphatic heterocycles. The number of rotatable bonds is 8. The molecule has 202 valence electrons. The first-order chi connectivity index (χ1) is 18.2. The van der Waals surface area contributed by atoms with Gasteiger partial charge in [-0.2, -0.15) is 11.3 Å². The zero-order valence-electron chi connectivity index (χ0n) is 21.6. The van der Waals surface area contributed by atoms with E-state index in [-0.39, 0.29) is 36.5 Å². The van der Waals surface area contributed by atoms with Gasteiger partial charge < -0.3 is 24.8 Å². The second-order valence-corrected chi connectivity index (χ2v) is 10.2. The molecule has 0 spiro atoms. The Hall–Kier alpha value is -3.57. The van der Waals surface area contributed by atoms with Gasteiger partial charge in [-0.25, -0.2) is 23.9 Å². The Labute approximate surface area is 224 Å². The normalized spacial score (nSPS) is 14.8. The van der Waals surface area contributed by atoms with Gasteiger partial charge in [0.05, 0.1) is 11.7 Å². The van der Waals surface area contributed by atoms with E-state index in [1.807, 2.05) is 30.7 Å². The number of ether oxygens (including phenoxy) is 3. The first-order valence-electron chi connectivity index (χ1n) is 12.4. The minimum Gasteiger partial charge on any atom is -0.474 e. The summed E-state index contributed by atoms with van der Waals surface area (Å²) in [6, 6.07) is 5.69. The van der Waals surface area contributed by atoms with Gasteiger partial charge in [-0.1, -0.05) is 12.1 Å². The lowest BCUT2D eigenvalue weighted by Gasteiger charge is -2.31. The molecule has 1 atom stereocenters. The summed E-state index contributed by atoms with van der Waals surface area (Å²) in [4.78, 5) is 34.7. The number of amides is 1. The molecule has 1 saturated heterocycles. The van der Waals surface area contributed by atoms with E-state index in [4.69, 9.17) is 19.9 Å². The molecule has 4 rings (SSSR count). The summed E-state index contributed by atoms with van der Waals surface area (Å²) < 4.78 is 31.4. The van der Waals surface area contributed by atoms with Crippen LogP contribution in [0.3, 0.4) is 0 Å². The maximum Gasteiger partial charge on any atom is 0.410 e. The van der Waals surface area contributed by atoms with Gasteiger partial charge in [-0.05, 0) is 60.4 Å².